The van der Waals surface area contributed by atoms with E-state index in [9.17, 15) is 0 Å². The summed E-state index contributed by atoms with van der Waals surface area (Å²) in [5.74, 6) is 0. The first-order chi connectivity index (χ1) is 36.7. The van der Waals surface area contributed by atoms with E-state index < -0.39 is 5.41 Å². The number of hydrogen-bond acceptors (Lipinski definition) is 2. The van der Waals surface area contributed by atoms with Crippen molar-refractivity contribution in [1.82, 2.24) is 0 Å². The molecule has 0 atom stereocenters. The first-order valence-electron chi connectivity index (χ1n) is 26.4. The number of anilines is 3. The van der Waals surface area contributed by atoms with Crippen molar-refractivity contribution in [2.75, 3.05) is 4.90 Å². The number of para-hydroxylation sites is 2. The minimum Gasteiger partial charge on any atom is -0.455 e. The largest absolute Gasteiger partial charge is 0.455 e. The predicted octanol–water partition coefficient (Wildman–Crippen LogP) is 19.4. The molecule has 0 saturated heterocycles. The highest BCUT2D eigenvalue weighted by molar-refractivity contribution is 6.10. The molecular formula is C73H53NO. The molecule has 3 aliphatic rings. The second kappa shape index (κ2) is 16.0. The third-order valence-corrected chi connectivity index (χ3v) is 17.4. The molecule has 2 heteroatoms. The van der Waals surface area contributed by atoms with Crippen molar-refractivity contribution >= 4 is 39.0 Å². The Bertz CT molecular complexity index is 4250. The van der Waals surface area contributed by atoms with Gasteiger partial charge < -0.3 is 9.32 Å². The second-order valence-electron chi connectivity index (χ2n) is 21.9. The lowest BCUT2D eigenvalue weighted by atomic mass is 9.67. The van der Waals surface area contributed by atoms with Crippen molar-refractivity contribution < 1.29 is 4.42 Å². The van der Waals surface area contributed by atoms with E-state index in [1.807, 2.05) is 6.07 Å². The standard InChI is InChI=1S/C73H53NO/c1-71(2)62-29-14-11-23-55(62)57-41-38-51(44-66(57)71)74(52-39-42-58-56-40-35-47(43-65(56)72(3,4)67(58)45-52)54-27-17-28-60-59-24-13-16-32-68(59)75-70(54)60)50-36-33-46(34-37-50)53-26-18-31-64-69(53)61-25-12-15-30-63(61)73(64,48-19-7-5-8-20-48)49-21-9-6-10-22-49/h5-45H,1-4H3. The Kier molecular flexibility index (Phi) is 9.30. The zero-order valence-electron chi connectivity index (χ0n) is 42.5. The smallest absolute Gasteiger partial charge is 0.143 e. The molecule has 0 aliphatic heterocycles. The van der Waals surface area contributed by atoms with Crippen LogP contribution in [0.25, 0.3) is 77.6 Å². The Morgan fingerprint density at radius 3 is 1.47 bits per heavy atom. The van der Waals surface area contributed by atoms with Gasteiger partial charge in [0.1, 0.15) is 11.2 Å². The molecule has 0 radical (unpaired) electrons. The van der Waals surface area contributed by atoms with Crippen LogP contribution in [0.4, 0.5) is 17.1 Å². The molecule has 0 bridgehead atoms. The van der Waals surface area contributed by atoms with Crippen LogP contribution >= 0.6 is 0 Å². The van der Waals surface area contributed by atoms with Gasteiger partial charge in [0, 0.05) is 44.2 Å². The number of fused-ring (bicyclic) bond motifs is 12. The third-order valence-electron chi connectivity index (χ3n) is 17.4. The molecule has 2 nitrogen and oxygen atoms in total. The Morgan fingerprint density at radius 1 is 0.307 bits per heavy atom. The highest BCUT2D eigenvalue weighted by atomic mass is 16.3. The van der Waals surface area contributed by atoms with Gasteiger partial charge in [-0.3, -0.25) is 0 Å². The van der Waals surface area contributed by atoms with Crippen molar-refractivity contribution in [2.24, 2.45) is 0 Å². The fourth-order valence-electron chi connectivity index (χ4n) is 13.8. The monoisotopic (exact) mass is 959 g/mol. The minimum absolute atomic E-state index is 0.151. The van der Waals surface area contributed by atoms with Crippen LogP contribution in [-0.2, 0) is 16.2 Å². The summed E-state index contributed by atoms with van der Waals surface area (Å²) in [5, 5.41) is 2.29. The molecular weight excluding hydrogens is 907 g/mol. The van der Waals surface area contributed by atoms with Crippen molar-refractivity contribution in [1.29, 1.82) is 0 Å². The molecule has 0 saturated carbocycles. The molecule has 11 aromatic carbocycles. The topological polar surface area (TPSA) is 16.4 Å². The molecule has 1 heterocycles. The van der Waals surface area contributed by atoms with E-state index in [0.29, 0.717) is 0 Å². The highest BCUT2D eigenvalue weighted by Gasteiger charge is 2.47. The highest BCUT2D eigenvalue weighted by Crippen LogP contribution is 2.59. The molecule has 12 aromatic rings. The molecule has 0 N–H and O–H groups in total. The van der Waals surface area contributed by atoms with Crippen LogP contribution in [0.3, 0.4) is 0 Å². The summed E-state index contributed by atoms with van der Waals surface area (Å²) < 4.78 is 6.56. The van der Waals surface area contributed by atoms with Gasteiger partial charge in [-0.2, -0.15) is 0 Å². The summed E-state index contributed by atoms with van der Waals surface area (Å²) in [5.41, 5.74) is 27.4. The van der Waals surface area contributed by atoms with Gasteiger partial charge in [0.05, 0.1) is 5.41 Å². The van der Waals surface area contributed by atoms with Crippen LogP contribution in [-0.4, -0.2) is 0 Å². The third kappa shape index (κ3) is 6.14. The zero-order valence-corrected chi connectivity index (χ0v) is 42.5. The summed E-state index contributed by atoms with van der Waals surface area (Å²) in [7, 11) is 0. The first-order valence-corrected chi connectivity index (χ1v) is 26.4. The van der Waals surface area contributed by atoms with E-state index >= 15 is 0 Å². The predicted molar refractivity (Wildman–Crippen MR) is 312 cm³/mol. The average Bonchev–Trinajstić information content (AvgIpc) is 4.25. The SMILES string of the molecule is CC1(C)c2ccccc2-c2ccc(N(c3ccc(-c4cccc5c4-c4ccccc4C5(c4ccccc4)c4ccccc4)cc3)c3ccc4c(c3)C(C)(C)c3cc(-c5cccc6c5oc5ccccc56)ccc3-4)cc21. The van der Waals surface area contributed by atoms with E-state index in [1.54, 1.807) is 0 Å². The molecule has 3 aliphatic carbocycles. The Balaban J connectivity index is 0.867. The number of nitrogens with zero attached hydrogens (tertiary/aromatic N) is 1. The fraction of sp³-hybridized carbons (Fsp3) is 0.0959. The van der Waals surface area contributed by atoms with Gasteiger partial charge >= 0.3 is 0 Å². The molecule has 0 amide bonds. The van der Waals surface area contributed by atoms with Crippen LogP contribution < -0.4 is 4.90 Å². The van der Waals surface area contributed by atoms with Crippen LogP contribution in [0.15, 0.2) is 253 Å². The lowest BCUT2D eigenvalue weighted by Crippen LogP contribution is -2.28. The Labute approximate surface area is 438 Å². The van der Waals surface area contributed by atoms with Gasteiger partial charge in [0.25, 0.3) is 0 Å². The summed E-state index contributed by atoms with van der Waals surface area (Å²) in [6.45, 7) is 9.53. The Hall–Kier alpha value is -8.98. The molecule has 75 heavy (non-hydrogen) atoms. The first kappa shape index (κ1) is 43.6. The van der Waals surface area contributed by atoms with Crippen LogP contribution in [0.1, 0.15) is 72.2 Å². The van der Waals surface area contributed by atoms with E-state index in [4.69, 9.17) is 4.42 Å². The van der Waals surface area contributed by atoms with Gasteiger partial charge in [0.2, 0.25) is 0 Å². The maximum Gasteiger partial charge on any atom is 0.143 e. The van der Waals surface area contributed by atoms with Gasteiger partial charge in [-0.15, -0.1) is 0 Å². The molecule has 356 valence electrons. The van der Waals surface area contributed by atoms with E-state index in [-0.39, 0.29) is 10.8 Å². The van der Waals surface area contributed by atoms with Crippen LogP contribution in [0.2, 0.25) is 0 Å². The van der Waals surface area contributed by atoms with Crippen molar-refractivity contribution in [2.45, 2.75) is 43.9 Å². The Morgan fingerprint density at radius 2 is 0.773 bits per heavy atom. The summed E-state index contributed by atoms with van der Waals surface area (Å²) in [6.07, 6.45) is 0. The van der Waals surface area contributed by atoms with Gasteiger partial charge in [-0.1, -0.05) is 228 Å². The zero-order chi connectivity index (χ0) is 50.2. The molecule has 15 rings (SSSR count). The molecule has 1 aromatic heterocycles. The quantitative estimate of drug-likeness (QED) is 0.158. The van der Waals surface area contributed by atoms with Crippen molar-refractivity contribution in [3.05, 3.63) is 293 Å². The lowest BCUT2D eigenvalue weighted by molar-refractivity contribution is 0.659. The maximum atomic E-state index is 6.56. The molecule has 0 spiro atoms. The maximum absolute atomic E-state index is 6.56. The average molecular weight is 960 g/mol. The minimum atomic E-state index is -0.465. The normalized spacial score (nSPS) is 14.7. The number of hydrogen-bond donors (Lipinski definition) is 0. The second-order valence-corrected chi connectivity index (χ2v) is 21.9. The summed E-state index contributed by atoms with van der Waals surface area (Å²) in [6, 6.07) is 92.7. The van der Waals surface area contributed by atoms with Crippen LogP contribution in [0, 0.1) is 0 Å². The fourth-order valence-corrected chi connectivity index (χ4v) is 13.8. The van der Waals surface area contributed by atoms with E-state index in [1.165, 1.54) is 94.6 Å². The van der Waals surface area contributed by atoms with E-state index in [2.05, 4.69) is 275 Å². The lowest BCUT2D eigenvalue weighted by Gasteiger charge is -2.34. The number of furan rings is 1. The molecule has 0 fully saturated rings. The molecule has 0 unspecified atom stereocenters. The van der Waals surface area contributed by atoms with Gasteiger partial charge in [-0.25, -0.2) is 0 Å². The van der Waals surface area contributed by atoms with E-state index in [0.717, 1.165) is 44.6 Å². The summed E-state index contributed by atoms with van der Waals surface area (Å²) in [4.78, 5) is 2.48. The van der Waals surface area contributed by atoms with Gasteiger partial charge in [-0.05, 0) is 143 Å². The number of rotatable bonds is 7. The van der Waals surface area contributed by atoms with Crippen LogP contribution in [0.5, 0.6) is 0 Å². The number of benzene rings is 11. The summed E-state index contributed by atoms with van der Waals surface area (Å²) >= 11 is 0. The van der Waals surface area contributed by atoms with Crippen molar-refractivity contribution in [3.63, 3.8) is 0 Å². The van der Waals surface area contributed by atoms with Gasteiger partial charge in [0.15, 0.2) is 0 Å². The van der Waals surface area contributed by atoms with Crippen molar-refractivity contribution in [3.8, 4) is 55.6 Å².